The van der Waals surface area contributed by atoms with E-state index in [0.717, 1.165) is 32.6 Å². The van der Waals surface area contributed by atoms with E-state index in [0.29, 0.717) is 22.8 Å². The molecule has 134 valence electrons. The molecule has 26 heavy (non-hydrogen) atoms. The van der Waals surface area contributed by atoms with Crippen LogP contribution in [0.2, 0.25) is 0 Å². The Morgan fingerprint density at radius 3 is 2.96 bits per heavy atom. The predicted molar refractivity (Wildman–Crippen MR) is 92.2 cm³/mol. The summed E-state index contributed by atoms with van der Waals surface area (Å²) in [6, 6.07) is 5.96. The van der Waals surface area contributed by atoms with Crippen LogP contribution in [0.1, 0.15) is 12.8 Å². The first-order valence-corrected chi connectivity index (χ1v) is 8.48. The highest BCUT2D eigenvalue weighted by molar-refractivity contribution is 6.03. The molecule has 1 aromatic heterocycles. The molecule has 8 heteroatoms. The Bertz CT molecular complexity index is 928. The third kappa shape index (κ3) is 2.41. The topological polar surface area (TPSA) is 86.1 Å². The number of benzene rings is 1. The zero-order valence-electron chi connectivity index (χ0n) is 13.9. The van der Waals surface area contributed by atoms with Gasteiger partial charge in [-0.1, -0.05) is 0 Å². The molecule has 0 aliphatic carbocycles. The lowest BCUT2D eigenvalue weighted by atomic mass is 9.94. The lowest BCUT2D eigenvalue weighted by Crippen LogP contribution is -2.59. The first-order chi connectivity index (χ1) is 12.7. The Morgan fingerprint density at radius 2 is 2.19 bits per heavy atom. The zero-order valence-corrected chi connectivity index (χ0v) is 13.9. The third-order valence-electron chi connectivity index (χ3n) is 4.93. The third-order valence-corrected chi connectivity index (χ3v) is 4.93. The Kier molecular flexibility index (Phi) is 3.39. The number of ether oxygens (including phenoxy) is 3. The van der Waals surface area contributed by atoms with Crippen molar-refractivity contribution in [1.82, 2.24) is 4.98 Å². The number of oxazole rings is 1. The monoisotopic (exact) mass is 355 g/mol. The normalized spacial score (nSPS) is 20.5. The molecule has 3 aliphatic rings. The molecule has 2 saturated heterocycles. The van der Waals surface area contributed by atoms with Crippen LogP contribution in [0.4, 0.5) is 11.7 Å². The van der Waals surface area contributed by atoms with Crippen molar-refractivity contribution in [2.75, 3.05) is 30.0 Å². The van der Waals surface area contributed by atoms with Crippen LogP contribution < -0.4 is 10.2 Å². The number of rotatable bonds is 3. The molecule has 2 aromatic rings. The van der Waals surface area contributed by atoms with Gasteiger partial charge >= 0.3 is 0 Å². The number of fused-ring (bicyclic) bond motifs is 1. The molecule has 2 fully saturated rings. The van der Waals surface area contributed by atoms with Crippen LogP contribution in [0.5, 0.6) is 0 Å². The highest BCUT2D eigenvalue weighted by Crippen LogP contribution is 2.40. The van der Waals surface area contributed by atoms with Crippen molar-refractivity contribution in [2.45, 2.75) is 18.4 Å². The summed E-state index contributed by atoms with van der Waals surface area (Å²) in [5.74, 6) is -0.319. The van der Waals surface area contributed by atoms with E-state index in [1.807, 2.05) is 0 Å². The fraction of sp³-hybridized carbons (Fsp3) is 0.333. The lowest BCUT2D eigenvalue weighted by molar-refractivity contribution is -0.115. The fourth-order valence-electron chi connectivity index (χ4n) is 3.54. The summed E-state index contributed by atoms with van der Waals surface area (Å²) in [5.41, 5.74) is 2.01. The van der Waals surface area contributed by atoms with Gasteiger partial charge < -0.3 is 28.8 Å². The molecule has 5 rings (SSSR count). The molecule has 0 bridgehead atoms. The second-order valence-corrected chi connectivity index (χ2v) is 6.61. The van der Waals surface area contributed by atoms with Crippen molar-refractivity contribution < 1.29 is 23.4 Å². The largest absolute Gasteiger partial charge is 0.465 e. The number of amides is 1. The maximum Gasteiger partial charge on any atom is 0.299 e. The summed E-state index contributed by atoms with van der Waals surface area (Å²) >= 11 is 0. The van der Waals surface area contributed by atoms with Crippen molar-refractivity contribution in [2.24, 2.45) is 0 Å². The molecule has 1 N–H and O–H groups in total. The predicted octanol–water partition coefficient (Wildman–Crippen LogP) is 2.49. The van der Waals surface area contributed by atoms with Gasteiger partial charge in [0.05, 0.1) is 18.8 Å². The molecule has 0 unspecified atom stereocenters. The highest BCUT2D eigenvalue weighted by Gasteiger charge is 2.49. The molecule has 1 spiro atoms. The van der Waals surface area contributed by atoms with Gasteiger partial charge in [0.2, 0.25) is 5.76 Å². The average molecular weight is 355 g/mol. The van der Waals surface area contributed by atoms with E-state index in [1.54, 1.807) is 18.2 Å². The maximum absolute atomic E-state index is 12.2. The minimum absolute atomic E-state index is 0.0379. The smallest absolute Gasteiger partial charge is 0.299 e. The number of hydrogen-bond acceptors (Lipinski definition) is 7. The van der Waals surface area contributed by atoms with Gasteiger partial charge in [0.25, 0.3) is 11.9 Å². The van der Waals surface area contributed by atoms with Gasteiger partial charge in [0.1, 0.15) is 24.3 Å². The van der Waals surface area contributed by atoms with Crippen LogP contribution in [-0.4, -0.2) is 36.2 Å². The van der Waals surface area contributed by atoms with Crippen LogP contribution in [0.15, 0.2) is 47.2 Å². The maximum atomic E-state index is 12.2. The van der Waals surface area contributed by atoms with Crippen LogP contribution in [0.3, 0.4) is 0 Å². The van der Waals surface area contributed by atoms with E-state index in [-0.39, 0.29) is 11.3 Å². The summed E-state index contributed by atoms with van der Waals surface area (Å²) in [7, 11) is 0. The van der Waals surface area contributed by atoms with Gasteiger partial charge in [-0.25, -0.2) is 0 Å². The summed E-state index contributed by atoms with van der Waals surface area (Å²) in [5, 5.41) is 2.76. The quantitative estimate of drug-likeness (QED) is 0.905. The minimum Gasteiger partial charge on any atom is -0.465 e. The molecule has 1 amide bonds. The number of anilines is 2. The number of carbonyl (C=O) groups is 1. The zero-order chi connectivity index (χ0) is 17.6. The molecule has 4 heterocycles. The lowest BCUT2D eigenvalue weighted by Gasteiger charge is -2.44. The number of hydrogen-bond donors (Lipinski definition) is 1. The molecule has 0 saturated carbocycles. The molecular weight excluding hydrogens is 338 g/mol. The first-order valence-electron chi connectivity index (χ1n) is 8.48. The van der Waals surface area contributed by atoms with Gasteiger partial charge in [0, 0.05) is 12.2 Å². The Balaban J connectivity index is 1.38. The van der Waals surface area contributed by atoms with Gasteiger partial charge in [-0.15, -0.1) is 0 Å². The summed E-state index contributed by atoms with van der Waals surface area (Å²) in [4.78, 5) is 19.0. The number of nitrogens with one attached hydrogen (secondary N) is 1. The van der Waals surface area contributed by atoms with Gasteiger partial charge in [-0.3, -0.25) is 4.79 Å². The van der Waals surface area contributed by atoms with E-state index in [4.69, 9.17) is 18.6 Å². The average Bonchev–Trinajstić information content (AvgIpc) is 3.25. The number of aromatic nitrogens is 1. The Morgan fingerprint density at radius 1 is 1.27 bits per heavy atom. The van der Waals surface area contributed by atoms with Crippen LogP contribution in [-0.2, 0) is 19.0 Å². The van der Waals surface area contributed by atoms with Crippen molar-refractivity contribution in [3.8, 4) is 0 Å². The Hall–Kier alpha value is -3.00. The van der Waals surface area contributed by atoms with Crippen molar-refractivity contribution >= 4 is 28.7 Å². The molecule has 1 aromatic carbocycles. The first kappa shape index (κ1) is 15.3. The summed E-state index contributed by atoms with van der Waals surface area (Å²) in [6.45, 7) is 2.36. The second-order valence-electron chi connectivity index (χ2n) is 6.61. The van der Waals surface area contributed by atoms with Crippen LogP contribution >= 0.6 is 0 Å². The SMILES string of the molecule is O=C(Nc1ccc2oc(N3CCCC34COC4)nc2c1)C1=COC=CO1. The number of nitrogens with zero attached hydrogens (tertiary/aromatic N) is 2. The standard InChI is InChI=1S/C18H17N3O5/c22-16(15-9-23-6-7-25-15)19-12-2-3-14-13(8-12)20-17(26-14)21-5-1-4-18(21)10-24-11-18/h2-3,6-9H,1,4-5,10-11H2,(H,19,22). The van der Waals surface area contributed by atoms with Crippen molar-refractivity contribution in [1.29, 1.82) is 0 Å². The van der Waals surface area contributed by atoms with E-state index < -0.39 is 5.91 Å². The summed E-state index contributed by atoms with van der Waals surface area (Å²) in [6.07, 6.45) is 6.10. The Labute approximate surface area is 149 Å². The van der Waals surface area contributed by atoms with Crippen molar-refractivity contribution in [3.05, 3.63) is 42.7 Å². The van der Waals surface area contributed by atoms with Crippen LogP contribution in [0, 0.1) is 0 Å². The second kappa shape index (κ2) is 5.77. The molecule has 3 aliphatic heterocycles. The number of carbonyl (C=O) groups excluding carboxylic acids is 1. The highest BCUT2D eigenvalue weighted by atomic mass is 16.5. The van der Waals surface area contributed by atoms with Gasteiger partial charge in [-0.2, -0.15) is 4.98 Å². The van der Waals surface area contributed by atoms with E-state index >= 15 is 0 Å². The van der Waals surface area contributed by atoms with Crippen molar-refractivity contribution in [3.63, 3.8) is 0 Å². The van der Waals surface area contributed by atoms with E-state index in [9.17, 15) is 4.79 Å². The van der Waals surface area contributed by atoms with E-state index in [1.165, 1.54) is 18.8 Å². The molecule has 0 radical (unpaired) electrons. The van der Waals surface area contributed by atoms with Gasteiger partial charge in [0.15, 0.2) is 5.58 Å². The molecular formula is C18H17N3O5. The molecule has 0 atom stereocenters. The minimum atomic E-state index is -0.400. The molecule has 8 nitrogen and oxygen atoms in total. The van der Waals surface area contributed by atoms with Crippen LogP contribution in [0.25, 0.3) is 11.1 Å². The van der Waals surface area contributed by atoms with Gasteiger partial charge in [-0.05, 0) is 31.0 Å². The van der Waals surface area contributed by atoms with E-state index in [2.05, 4.69) is 15.2 Å². The summed E-state index contributed by atoms with van der Waals surface area (Å²) < 4.78 is 21.4. The fourth-order valence-corrected chi connectivity index (χ4v) is 3.54.